The van der Waals surface area contributed by atoms with Crippen LogP contribution in [0.15, 0.2) is 0 Å². The van der Waals surface area contributed by atoms with E-state index in [1.54, 1.807) is 0 Å². The number of pyridine rings is 1. The van der Waals surface area contributed by atoms with Crippen molar-refractivity contribution in [2.75, 3.05) is 0 Å². The third-order valence-corrected chi connectivity index (χ3v) is 3.79. The van der Waals surface area contributed by atoms with E-state index in [2.05, 4.69) is 27.1 Å². The first-order chi connectivity index (χ1) is 7.44. The minimum absolute atomic E-state index is 0.545. The molecule has 0 spiro atoms. The van der Waals surface area contributed by atoms with Crippen LogP contribution in [0.1, 0.15) is 35.7 Å². The van der Waals surface area contributed by atoms with Crippen LogP contribution in [0.25, 0.3) is 0 Å². The van der Waals surface area contributed by atoms with E-state index in [9.17, 15) is 5.11 Å². The van der Waals surface area contributed by atoms with E-state index < -0.39 is 5.60 Å². The van der Waals surface area contributed by atoms with Crippen LogP contribution in [-0.2, 0) is 12.8 Å². The molecule has 0 saturated carbocycles. The van der Waals surface area contributed by atoms with Crippen molar-refractivity contribution in [1.29, 1.82) is 5.26 Å². The van der Waals surface area contributed by atoms with Gasteiger partial charge in [0.05, 0.1) is 0 Å². The number of aryl methyl sites for hydroxylation is 1. The zero-order chi connectivity index (χ0) is 11.9. The van der Waals surface area contributed by atoms with Crippen molar-refractivity contribution >= 4 is 20.6 Å². The molecule has 2 rings (SSSR count). The second kappa shape index (κ2) is 3.85. The molecule has 1 aromatic rings. The minimum atomic E-state index is -0.696. The maximum atomic E-state index is 10.1. The second-order valence-corrected chi connectivity index (χ2v) is 5.43. The number of fused-ring (bicyclic) bond motifs is 1. The fourth-order valence-electron chi connectivity index (χ4n) is 2.28. The van der Waals surface area contributed by atoms with Gasteiger partial charge in [0.15, 0.2) is 0 Å². The second-order valence-electron chi connectivity index (χ2n) is 4.62. The van der Waals surface area contributed by atoms with E-state index in [-0.39, 0.29) is 0 Å². The molecule has 0 aliphatic heterocycles. The molecule has 16 heavy (non-hydrogen) atoms. The zero-order valence-corrected chi connectivity index (χ0v) is 11.1. The molecule has 1 heterocycles. The summed E-state index contributed by atoms with van der Waals surface area (Å²) in [5, 5.41) is 19.2. The Bertz CT molecular complexity index is 489. The van der Waals surface area contributed by atoms with E-state index in [0.717, 1.165) is 29.7 Å². The fourth-order valence-corrected chi connectivity index (χ4v) is 2.92. The molecule has 1 aliphatic carbocycles. The average molecular weight is 280 g/mol. The quantitative estimate of drug-likeness (QED) is 0.695. The summed E-state index contributed by atoms with van der Waals surface area (Å²) in [7, 11) is 0. The van der Waals surface area contributed by atoms with Crippen molar-refractivity contribution in [3.63, 3.8) is 0 Å². The van der Waals surface area contributed by atoms with Crippen LogP contribution in [0, 0.1) is 18.3 Å². The van der Waals surface area contributed by atoms with Gasteiger partial charge in [-0.1, -0.05) is 0 Å². The molecule has 0 saturated heterocycles. The molecule has 4 heteroatoms. The number of nitriles is 1. The molecule has 1 radical (unpaired) electrons. The van der Waals surface area contributed by atoms with Gasteiger partial charge in [0, 0.05) is 0 Å². The van der Waals surface area contributed by atoms with Gasteiger partial charge in [0.25, 0.3) is 0 Å². The predicted octanol–water partition coefficient (Wildman–Crippen LogP) is 0.295. The topological polar surface area (TPSA) is 56.9 Å². The van der Waals surface area contributed by atoms with Crippen molar-refractivity contribution in [1.82, 2.24) is 4.98 Å². The van der Waals surface area contributed by atoms with Crippen molar-refractivity contribution in [3.05, 3.63) is 22.4 Å². The number of hydrogen-bond donors (Lipinski definition) is 1. The van der Waals surface area contributed by atoms with Gasteiger partial charge in [-0.15, -0.1) is 0 Å². The Kier molecular flexibility index (Phi) is 2.79. The zero-order valence-electron chi connectivity index (χ0n) is 9.37. The summed E-state index contributed by atoms with van der Waals surface area (Å²) in [5.41, 5.74) is 2.99. The van der Waals surface area contributed by atoms with Gasteiger partial charge in [-0.05, 0) is 0 Å². The fraction of sp³-hybridized carbons (Fsp3) is 0.500. The summed E-state index contributed by atoms with van der Waals surface area (Å²) in [4.78, 5) is 4.35. The van der Waals surface area contributed by atoms with E-state index in [1.807, 2.05) is 13.8 Å². The Labute approximate surface area is 103 Å². The molecule has 1 atom stereocenters. The van der Waals surface area contributed by atoms with E-state index in [1.165, 1.54) is 0 Å². The molecule has 83 valence electrons. The van der Waals surface area contributed by atoms with Crippen molar-refractivity contribution in [2.24, 2.45) is 0 Å². The number of hydrogen-bond acceptors (Lipinski definition) is 3. The summed E-state index contributed by atoms with van der Waals surface area (Å²) in [6.07, 6.45) is 2.08. The Morgan fingerprint density at radius 1 is 1.50 bits per heavy atom. The molecule has 1 N–H and O–H groups in total. The van der Waals surface area contributed by atoms with Crippen LogP contribution < -0.4 is 4.59 Å². The molecule has 0 aromatic carbocycles. The van der Waals surface area contributed by atoms with Gasteiger partial charge in [-0.25, -0.2) is 0 Å². The van der Waals surface area contributed by atoms with Crippen LogP contribution in [0.5, 0.6) is 0 Å². The molecule has 1 unspecified atom stereocenters. The summed E-state index contributed by atoms with van der Waals surface area (Å²) >= 11 is 2.82. The summed E-state index contributed by atoms with van der Waals surface area (Å²) in [5.74, 6) is 0. The van der Waals surface area contributed by atoms with Crippen LogP contribution in [-0.4, -0.2) is 31.7 Å². The molecule has 1 aromatic heterocycles. The number of nitrogens with zero attached hydrogens (tertiary/aromatic N) is 2. The van der Waals surface area contributed by atoms with Gasteiger partial charge in [-0.3, -0.25) is 0 Å². The third-order valence-electron chi connectivity index (χ3n) is 3.17. The standard InChI is InChI=1S/C12H13N2OSe/c1-7-8-3-4-12(2,15)5-9(8)10(6-13)11(16)14-7/h15H,3-5H2,1-2H3. The molecule has 0 amide bonds. The van der Waals surface area contributed by atoms with Crippen LogP contribution >= 0.6 is 0 Å². The number of aromatic nitrogens is 1. The molecule has 0 bridgehead atoms. The van der Waals surface area contributed by atoms with Crippen molar-refractivity contribution in [3.8, 4) is 6.07 Å². The van der Waals surface area contributed by atoms with Crippen LogP contribution in [0.2, 0.25) is 0 Å². The molecule has 1 aliphatic rings. The number of rotatable bonds is 0. The van der Waals surface area contributed by atoms with Crippen LogP contribution in [0.4, 0.5) is 0 Å². The van der Waals surface area contributed by atoms with Crippen molar-refractivity contribution < 1.29 is 5.11 Å². The molecule has 0 fully saturated rings. The van der Waals surface area contributed by atoms with Crippen molar-refractivity contribution in [2.45, 2.75) is 38.7 Å². The van der Waals surface area contributed by atoms with Gasteiger partial charge >= 0.3 is 103 Å². The first kappa shape index (κ1) is 11.6. The Morgan fingerprint density at radius 3 is 2.81 bits per heavy atom. The van der Waals surface area contributed by atoms with Gasteiger partial charge < -0.3 is 0 Å². The van der Waals surface area contributed by atoms with E-state index >= 15 is 0 Å². The SMILES string of the molecule is Cc1nc([Se])c(C#N)c2c1CCC(C)(O)C2. The Morgan fingerprint density at radius 2 is 2.19 bits per heavy atom. The molecular weight excluding hydrogens is 267 g/mol. The van der Waals surface area contributed by atoms with E-state index in [4.69, 9.17) is 5.26 Å². The first-order valence-corrected chi connectivity index (χ1v) is 6.12. The van der Waals surface area contributed by atoms with Gasteiger partial charge in [0.2, 0.25) is 0 Å². The average Bonchev–Trinajstić information content (AvgIpc) is 2.16. The monoisotopic (exact) mass is 281 g/mol. The molecule has 3 nitrogen and oxygen atoms in total. The third kappa shape index (κ3) is 1.87. The van der Waals surface area contributed by atoms with Gasteiger partial charge in [-0.2, -0.15) is 0 Å². The normalized spacial score (nSPS) is 23.6. The molecular formula is C12H13N2OSe. The van der Waals surface area contributed by atoms with E-state index in [0.29, 0.717) is 16.6 Å². The Balaban J connectivity index is 2.65. The number of aliphatic hydroxyl groups is 1. The first-order valence-electron chi connectivity index (χ1n) is 5.26. The predicted molar refractivity (Wildman–Crippen MR) is 61.7 cm³/mol. The summed E-state index contributed by atoms with van der Waals surface area (Å²) in [6.45, 7) is 3.78. The van der Waals surface area contributed by atoms with Gasteiger partial charge in [0.1, 0.15) is 0 Å². The van der Waals surface area contributed by atoms with Crippen LogP contribution in [0.3, 0.4) is 0 Å². The Hall–Kier alpha value is -0.881. The maximum absolute atomic E-state index is 10.1. The summed E-state index contributed by atoms with van der Waals surface area (Å²) in [6, 6.07) is 2.18. The summed E-state index contributed by atoms with van der Waals surface area (Å²) < 4.78 is 0.649.